The van der Waals surface area contributed by atoms with E-state index >= 15 is 0 Å². The molecule has 1 aromatic carbocycles. The Hall–Kier alpha value is -1.46. The topological polar surface area (TPSA) is 65.7 Å². The Labute approximate surface area is 115 Å². The second-order valence-corrected chi connectivity index (χ2v) is 4.99. The molecule has 5 heteroatoms. The van der Waals surface area contributed by atoms with Gasteiger partial charge in [0.15, 0.2) is 11.5 Å². The Bertz CT molecular complexity index is 427. The molecule has 108 valence electrons. The average molecular weight is 268 g/mol. The highest BCUT2D eigenvalue weighted by atomic mass is 16.5. The summed E-state index contributed by atoms with van der Waals surface area (Å²) in [5.41, 5.74) is 6.71. The molecule has 0 aliphatic carbocycles. The summed E-state index contributed by atoms with van der Waals surface area (Å²) in [5, 5.41) is 3.22. The van der Waals surface area contributed by atoms with E-state index in [1.165, 1.54) is 0 Å². The van der Waals surface area contributed by atoms with Gasteiger partial charge < -0.3 is 25.3 Å². The van der Waals surface area contributed by atoms with E-state index in [9.17, 15) is 0 Å². The summed E-state index contributed by atoms with van der Waals surface area (Å²) in [4.78, 5) is 0. The van der Waals surface area contributed by atoms with E-state index in [0.717, 1.165) is 11.3 Å². The van der Waals surface area contributed by atoms with E-state index in [4.69, 9.17) is 19.9 Å². The molecule has 3 N–H and O–H groups in total. The molecule has 1 rings (SSSR count). The van der Waals surface area contributed by atoms with Crippen molar-refractivity contribution in [3.8, 4) is 17.2 Å². The monoisotopic (exact) mass is 268 g/mol. The maximum Gasteiger partial charge on any atom is 0.164 e. The van der Waals surface area contributed by atoms with Crippen LogP contribution in [0.1, 0.15) is 25.5 Å². The lowest BCUT2D eigenvalue weighted by atomic mass is 9.89. The molecule has 5 nitrogen and oxygen atoms in total. The second kappa shape index (κ2) is 6.12. The minimum atomic E-state index is -0.443. The summed E-state index contributed by atoms with van der Waals surface area (Å²) in [6, 6.07) is 3.64. The van der Waals surface area contributed by atoms with Crippen molar-refractivity contribution in [1.29, 1.82) is 0 Å². The van der Waals surface area contributed by atoms with Crippen molar-refractivity contribution in [3.05, 3.63) is 17.7 Å². The van der Waals surface area contributed by atoms with Crippen LogP contribution in [0.4, 0.5) is 0 Å². The Morgan fingerprint density at radius 2 is 1.47 bits per heavy atom. The summed E-state index contributed by atoms with van der Waals surface area (Å²) in [6.45, 7) is 3.93. The van der Waals surface area contributed by atoms with Gasteiger partial charge in [0, 0.05) is 17.2 Å². The Morgan fingerprint density at radius 1 is 1.00 bits per heavy atom. The van der Waals surface area contributed by atoms with Crippen molar-refractivity contribution < 1.29 is 14.2 Å². The number of hydrogen-bond donors (Lipinski definition) is 2. The number of rotatable bonds is 6. The van der Waals surface area contributed by atoms with E-state index in [-0.39, 0.29) is 6.04 Å². The van der Waals surface area contributed by atoms with Gasteiger partial charge in [-0.15, -0.1) is 0 Å². The number of hydrogen-bond acceptors (Lipinski definition) is 5. The molecular weight excluding hydrogens is 244 g/mol. The zero-order valence-electron chi connectivity index (χ0n) is 12.5. The molecule has 1 aromatic rings. The lowest BCUT2D eigenvalue weighted by Crippen LogP contribution is -2.45. The molecule has 0 radical (unpaired) electrons. The third-order valence-corrected chi connectivity index (χ3v) is 3.08. The third-order valence-electron chi connectivity index (χ3n) is 3.08. The number of ether oxygens (including phenoxy) is 3. The fourth-order valence-electron chi connectivity index (χ4n) is 2.21. The number of likely N-dealkylation sites (N-methyl/N-ethyl adjacent to an activating group) is 1. The average Bonchev–Trinajstić information content (AvgIpc) is 2.37. The van der Waals surface area contributed by atoms with E-state index in [1.807, 2.05) is 33.0 Å². The fraction of sp³-hybridized carbons (Fsp3) is 0.571. The highest BCUT2D eigenvalue weighted by molar-refractivity contribution is 5.52. The van der Waals surface area contributed by atoms with Crippen LogP contribution in [0.25, 0.3) is 0 Å². The molecular formula is C14H24N2O3. The fourth-order valence-corrected chi connectivity index (χ4v) is 2.21. The van der Waals surface area contributed by atoms with Crippen molar-refractivity contribution in [2.45, 2.75) is 25.4 Å². The highest BCUT2D eigenvalue weighted by Crippen LogP contribution is 2.39. The third kappa shape index (κ3) is 3.30. The first-order valence-electron chi connectivity index (χ1n) is 6.15. The first-order chi connectivity index (χ1) is 8.88. The molecule has 1 unspecified atom stereocenters. The predicted octanol–water partition coefficient (Wildman–Crippen LogP) is 1.71. The van der Waals surface area contributed by atoms with Gasteiger partial charge in [-0.25, -0.2) is 0 Å². The van der Waals surface area contributed by atoms with Crippen molar-refractivity contribution in [2.24, 2.45) is 5.73 Å². The predicted molar refractivity (Wildman–Crippen MR) is 76.2 cm³/mol. The lowest BCUT2D eigenvalue weighted by molar-refractivity contribution is 0.329. The Morgan fingerprint density at radius 3 is 1.84 bits per heavy atom. The summed E-state index contributed by atoms with van der Waals surface area (Å²) in [6.07, 6.45) is 0. The van der Waals surface area contributed by atoms with Crippen LogP contribution in [0.3, 0.4) is 0 Å². The van der Waals surface area contributed by atoms with Crippen molar-refractivity contribution in [2.75, 3.05) is 28.4 Å². The Kier molecular flexibility index (Phi) is 5.03. The Balaban J connectivity index is 3.40. The summed E-state index contributed by atoms with van der Waals surface area (Å²) < 4.78 is 16.0. The van der Waals surface area contributed by atoms with Crippen molar-refractivity contribution in [1.82, 2.24) is 5.32 Å². The van der Waals surface area contributed by atoms with Gasteiger partial charge in [0.1, 0.15) is 5.75 Å². The van der Waals surface area contributed by atoms with Crippen LogP contribution in [0, 0.1) is 0 Å². The highest BCUT2D eigenvalue weighted by Gasteiger charge is 2.29. The quantitative estimate of drug-likeness (QED) is 0.822. The van der Waals surface area contributed by atoms with Crippen LogP contribution < -0.4 is 25.3 Å². The van der Waals surface area contributed by atoms with Gasteiger partial charge in [-0.05, 0) is 27.0 Å². The number of methoxy groups -OCH3 is 3. The van der Waals surface area contributed by atoms with Crippen LogP contribution in [0.15, 0.2) is 12.1 Å². The summed E-state index contributed by atoms with van der Waals surface area (Å²) in [7, 11) is 6.70. The normalized spacial score (nSPS) is 13.0. The van der Waals surface area contributed by atoms with E-state index in [1.54, 1.807) is 21.3 Å². The van der Waals surface area contributed by atoms with E-state index in [0.29, 0.717) is 11.5 Å². The van der Waals surface area contributed by atoms with Gasteiger partial charge in [-0.1, -0.05) is 0 Å². The van der Waals surface area contributed by atoms with Gasteiger partial charge in [0.2, 0.25) is 0 Å². The largest absolute Gasteiger partial charge is 0.496 e. The van der Waals surface area contributed by atoms with Crippen molar-refractivity contribution >= 4 is 0 Å². The first kappa shape index (κ1) is 15.6. The summed E-state index contributed by atoms with van der Waals surface area (Å²) >= 11 is 0. The molecule has 19 heavy (non-hydrogen) atoms. The minimum absolute atomic E-state index is 0.0674. The number of nitrogens with two attached hydrogens (primary N) is 1. The molecule has 0 amide bonds. The summed E-state index contributed by atoms with van der Waals surface area (Å²) in [5.74, 6) is 2.01. The lowest BCUT2D eigenvalue weighted by Gasteiger charge is -2.32. The van der Waals surface area contributed by atoms with E-state index < -0.39 is 5.54 Å². The SMILES string of the molecule is CNC(c1cc(OC)c(OC)cc1OC)C(C)(C)N. The molecule has 0 heterocycles. The van der Waals surface area contributed by atoms with Crippen LogP contribution in [0.5, 0.6) is 17.2 Å². The molecule has 0 bridgehead atoms. The molecule has 0 saturated carbocycles. The molecule has 0 saturated heterocycles. The van der Waals surface area contributed by atoms with Crippen LogP contribution >= 0.6 is 0 Å². The van der Waals surface area contributed by atoms with E-state index in [2.05, 4.69) is 5.32 Å². The number of nitrogens with one attached hydrogen (secondary N) is 1. The molecule has 0 fully saturated rings. The zero-order valence-corrected chi connectivity index (χ0v) is 12.5. The molecule has 0 aromatic heterocycles. The maximum absolute atomic E-state index is 6.22. The smallest absolute Gasteiger partial charge is 0.164 e. The van der Waals surface area contributed by atoms with Gasteiger partial charge >= 0.3 is 0 Å². The van der Waals surface area contributed by atoms with Gasteiger partial charge in [-0.3, -0.25) is 0 Å². The first-order valence-corrected chi connectivity index (χ1v) is 6.15. The van der Waals surface area contributed by atoms with Crippen LogP contribution in [0.2, 0.25) is 0 Å². The molecule has 0 spiro atoms. The maximum atomic E-state index is 6.22. The standard InChI is InChI=1S/C14H24N2O3/c1-14(2,15)13(16-3)9-7-11(18-5)12(19-6)8-10(9)17-4/h7-8,13,16H,15H2,1-6H3. The van der Waals surface area contributed by atoms with Gasteiger partial charge in [0.25, 0.3) is 0 Å². The molecule has 0 aliphatic rings. The minimum Gasteiger partial charge on any atom is -0.496 e. The molecule has 0 aliphatic heterocycles. The van der Waals surface area contributed by atoms with Gasteiger partial charge in [-0.2, -0.15) is 0 Å². The van der Waals surface area contributed by atoms with Crippen molar-refractivity contribution in [3.63, 3.8) is 0 Å². The van der Waals surface area contributed by atoms with Crippen LogP contribution in [-0.2, 0) is 0 Å². The van der Waals surface area contributed by atoms with Gasteiger partial charge in [0.05, 0.1) is 27.4 Å². The second-order valence-electron chi connectivity index (χ2n) is 4.99. The molecule has 1 atom stereocenters. The zero-order chi connectivity index (χ0) is 14.6. The number of benzene rings is 1. The van der Waals surface area contributed by atoms with Crippen LogP contribution in [-0.4, -0.2) is 33.9 Å².